The topological polar surface area (TPSA) is 62.2 Å². The van der Waals surface area contributed by atoms with Crippen LogP contribution >= 0.6 is 12.2 Å². The van der Waals surface area contributed by atoms with E-state index in [4.69, 9.17) is 17.2 Å². The van der Waals surface area contributed by atoms with Crippen molar-refractivity contribution in [3.8, 4) is 5.69 Å². The largest absolute Gasteiger partial charge is 0.351 e. The number of nitrogens with one attached hydrogen (secondary N) is 2. The fraction of sp³-hybridized carbons (Fsp3) is 0.281. The molecule has 0 aliphatic carbocycles. The van der Waals surface area contributed by atoms with Crippen LogP contribution in [0.4, 0.5) is 11.4 Å². The van der Waals surface area contributed by atoms with Gasteiger partial charge in [0.1, 0.15) is 0 Å². The number of aromatic nitrogens is 2. The molecule has 1 amide bonds. The van der Waals surface area contributed by atoms with Crippen LogP contribution in [0, 0.1) is 33.6 Å². The maximum atomic E-state index is 12.3. The molecule has 0 saturated carbocycles. The number of amides is 1. The van der Waals surface area contributed by atoms with Crippen LogP contribution in [0.15, 0.2) is 72.9 Å². The lowest BCUT2D eigenvalue weighted by molar-refractivity contribution is -0.118. The molecule has 1 saturated heterocycles. The maximum absolute atomic E-state index is 12.3. The zero-order valence-electron chi connectivity index (χ0n) is 23.3. The third kappa shape index (κ3) is 5.06. The average molecular weight is 538 g/mol. The van der Waals surface area contributed by atoms with Gasteiger partial charge in [0.25, 0.3) is 0 Å². The summed E-state index contributed by atoms with van der Waals surface area (Å²) in [6.45, 7) is 12.2. The first-order valence-corrected chi connectivity index (χ1v) is 13.7. The first kappa shape index (κ1) is 26.6. The summed E-state index contributed by atoms with van der Waals surface area (Å²) in [5.41, 5.74) is 9.57. The molecule has 2 N–H and O–H groups in total. The molecule has 6 nitrogen and oxygen atoms in total. The van der Waals surface area contributed by atoms with E-state index < -0.39 is 0 Å². The third-order valence-electron chi connectivity index (χ3n) is 7.45. The molecule has 2 aromatic carbocycles. The van der Waals surface area contributed by atoms with Crippen molar-refractivity contribution in [2.24, 2.45) is 5.92 Å². The van der Waals surface area contributed by atoms with Crippen molar-refractivity contribution in [1.82, 2.24) is 14.9 Å². The van der Waals surface area contributed by atoms with Crippen LogP contribution in [-0.2, 0) is 4.79 Å². The molecule has 0 bridgehead atoms. The summed E-state index contributed by atoms with van der Waals surface area (Å²) in [6, 6.07) is 22.7. The minimum atomic E-state index is -0.133. The van der Waals surface area contributed by atoms with Crippen molar-refractivity contribution in [2.45, 2.75) is 53.6 Å². The Balaban J connectivity index is 1.61. The predicted octanol–water partition coefficient (Wildman–Crippen LogP) is 6.88. The van der Waals surface area contributed by atoms with E-state index in [2.05, 4.69) is 77.3 Å². The number of pyridine rings is 1. The van der Waals surface area contributed by atoms with E-state index in [0.29, 0.717) is 5.11 Å². The standard InChI is InChI=1S/C32H35N5OS/c1-19(2)31(38)34-27-15-14-25(17-21(27)4)37-30(29(35-32(37)39)28-9-7-8-16-33-28)26-18-22(5)36(23(26)6)24-12-10-20(3)11-13-24/h7-19,29-30H,1-6H3,(H,34,38)(H,35,39)/t29-,30-/m1/s1. The molecule has 5 rings (SSSR count). The Morgan fingerprint density at radius 2 is 1.69 bits per heavy atom. The smallest absolute Gasteiger partial charge is 0.226 e. The van der Waals surface area contributed by atoms with Crippen LogP contribution in [0.3, 0.4) is 0 Å². The molecule has 1 fully saturated rings. The van der Waals surface area contributed by atoms with Crippen molar-refractivity contribution >= 4 is 34.6 Å². The molecule has 0 spiro atoms. The SMILES string of the molecule is Cc1ccc(-n2c(C)cc([C@@H]3[C@@H](c4ccccn4)NC(=S)N3c3ccc(NC(=O)C(C)C)c(C)c3)c2C)cc1. The number of carbonyl (C=O) groups is 1. The van der Waals surface area contributed by atoms with Crippen molar-refractivity contribution in [3.05, 3.63) is 107 Å². The van der Waals surface area contributed by atoms with Crippen molar-refractivity contribution < 1.29 is 4.79 Å². The van der Waals surface area contributed by atoms with E-state index in [-0.39, 0.29) is 23.9 Å². The molecular formula is C32H35N5OS. The fourth-order valence-electron chi connectivity index (χ4n) is 5.34. The number of hydrogen-bond donors (Lipinski definition) is 2. The van der Waals surface area contributed by atoms with Gasteiger partial charge in [-0.25, -0.2) is 0 Å². The molecule has 1 aliphatic heterocycles. The number of rotatable bonds is 6. The van der Waals surface area contributed by atoms with E-state index in [1.54, 1.807) is 0 Å². The lowest BCUT2D eigenvalue weighted by Crippen LogP contribution is -2.29. The number of nitrogens with zero attached hydrogens (tertiary/aromatic N) is 3. The molecule has 7 heteroatoms. The number of thiocarbonyl (C=S) groups is 1. The van der Waals surface area contributed by atoms with Crippen LogP contribution < -0.4 is 15.5 Å². The molecule has 4 aromatic rings. The highest BCUT2D eigenvalue weighted by atomic mass is 32.1. The maximum Gasteiger partial charge on any atom is 0.226 e. The molecule has 2 atom stereocenters. The Hall–Kier alpha value is -3.97. The van der Waals surface area contributed by atoms with Crippen molar-refractivity contribution in [1.29, 1.82) is 0 Å². The number of carbonyl (C=O) groups excluding carboxylic acids is 1. The van der Waals surface area contributed by atoms with E-state index in [1.807, 2.05) is 57.3 Å². The third-order valence-corrected chi connectivity index (χ3v) is 7.76. The summed E-state index contributed by atoms with van der Waals surface area (Å²) in [4.78, 5) is 19.2. The van der Waals surface area contributed by atoms with Gasteiger partial charge in [-0.1, -0.05) is 37.6 Å². The number of benzene rings is 2. The summed E-state index contributed by atoms with van der Waals surface area (Å²) in [6.07, 6.45) is 1.83. The van der Waals surface area contributed by atoms with Gasteiger partial charge in [-0.2, -0.15) is 0 Å². The Bertz CT molecular complexity index is 1520. The van der Waals surface area contributed by atoms with Gasteiger partial charge in [-0.3, -0.25) is 9.78 Å². The molecule has 39 heavy (non-hydrogen) atoms. The lowest BCUT2D eigenvalue weighted by atomic mass is 9.96. The Kier molecular flexibility index (Phi) is 7.28. The van der Waals surface area contributed by atoms with Gasteiger partial charge in [-0.15, -0.1) is 0 Å². The lowest BCUT2D eigenvalue weighted by Gasteiger charge is -2.29. The molecule has 1 aliphatic rings. The zero-order chi connectivity index (χ0) is 27.8. The van der Waals surface area contributed by atoms with Crippen molar-refractivity contribution in [3.63, 3.8) is 0 Å². The molecular weight excluding hydrogens is 502 g/mol. The monoisotopic (exact) mass is 537 g/mol. The summed E-state index contributed by atoms with van der Waals surface area (Å²) >= 11 is 5.96. The minimum Gasteiger partial charge on any atom is -0.351 e. The van der Waals surface area contributed by atoms with Gasteiger partial charge >= 0.3 is 0 Å². The summed E-state index contributed by atoms with van der Waals surface area (Å²) < 4.78 is 2.31. The highest BCUT2D eigenvalue weighted by molar-refractivity contribution is 7.80. The Morgan fingerprint density at radius 1 is 0.974 bits per heavy atom. The summed E-state index contributed by atoms with van der Waals surface area (Å²) in [5.74, 6) is -0.0902. The van der Waals surface area contributed by atoms with Crippen LogP contribution in [0.25, 0.3) is 5.69 Å². The Morgan fingerprint density at radius 3 is 2.33 bits per heavy atom. The van der Waals surface area contributed by atoms with E-state index >= 15 is 0 Å². The second-order valence-corrected chi connectivity index (χ2v) is 11.0. The van der Waals surface area contributed by atoms with Crippen LogP contribution in [0.1, 0.15) is 59.7 Å². The van der Waals surface area contributed by atoms with Crippen molar-refractivity contribution in [2.75, 3.05) is 10.2 Å². The first-order chi connectivity index (χ1) is 18.7. The molecule has 0 unspecified atom stereocenters. The number of hydrogen-bond acceptors (Lipinski definition) is 3. The second kappa shape index (κ2) is 10.7. The Labute approximate surface area is 236 Å². The van der Waals surface area contributed by atoms with E-state index in [1.165, 1.54) is 11.1 Å². The quantitative estimate of drug-likeness (QED) is 0.263. The minimum absolute atomic E-state index is 0.000785. The zero-order valence-corrected chi connectivity index (χ0v) is 24.1. The fourth-order valence-corrected chi connectivity index (χ4v) is 5.69. The van der Waals surface area contributed by atoms with Crippen LogP contribution in [-0.4, -0.2) is 20.6 Å². The van der Waals surface area contributed by atoms with Gasteiger partial charge in [0.2, 0.25) is 5.91 Å². The number of anilines is 2. The van der Waals surface area contributed by atoms with Gasteiger partial charge in [0, 0.05) is 40.6 Å². The number of aryl methyl sites for hydroxylation is 3. The normalized spacial score (nSPS) is 17.0. The van der Waals surface area contributed by atoms with Gasteiger partial charge in [0.15, 0.2) is 5.11 Å². The highest BCUT2D eigenvalue weighted by Crippen LogP contribution is 2.44. The molecule has 2 aromatic heterocycles. The van der Waals surface area contributed by atoms with E-state index in [9.17, 15) is 4.79 Å². The second-order valence-electron chi connectivity index (χ2n) is 10.6. The summed E-state index contributed by atoms with van der Waals surface area (Å²) in [7, 11) is 0. The van der Waals surface area contributed by atoms with Gasteiger partial charge in [0.05, 0.1) is 17.8 Å². The highest BCUT2D eigenvalue weighted by Gasteiger charge is 2.42. The van der Waals surface area contributed by atoms with Gasteiger partial charge in [-0.05, 0) is 99.6 Å². The van der Waals surface area contributed by atoms with Crippen LogP contribution in [0.5, 0.6) is 0 Å². The molecule has 200 valence electrons. The average Bonchev–Trinajstić information content (AvgIpc) is 3.41. The van der Waals surface area contributed by atoms with Gasteiger partial charge < -0.3 is 20.1 Å². The first-order valence-electron chi connectivity index (χ1n) is 13.3. The summed E-state index contributed by atoms with van der Waals surface area (Å²) in [5, 5.41) is 7.25. The molecule has 0 radical (unpaired) electrons. The molecule has 3 heterocycles. The van der Waals surface area contributed by atoms with Crippen LogP contribution in [0.2, 0.25) is 0 Å². The van der Waals surface area contributed by atoms with E-state index in [0.717, 1.165) is 39.7 Å². The predicted molar refractivity (Wildman–Crippen MR) is 163 cm³/mol.